The van der Waals surface area contributed by atoms with Crippen LogP contribution in [0.15, 0.2) is 6.20 Å². The average molecular weight is 295 g/mol. The molecule has 2 amide bonds. The maximum absolute atomic E-state index is 12.2. The number of anilines is 1. The van der Waals surface area contributed by atoms with Gasteiger partial charge in [0.25, 0.3) is 0 Å². The van der Waals surface area contributed by atoms with Crippen molar-refractivity contribution in [2.45, 2.75) is 39.2 Å². The molecule has 1 aliphatic rings. The molecule has 1 aliphatic heterocycles. The monoisotopic (exact) mass is 295 g/mol. The predicted molar refractivity (Wildman–Crippen MR) is 75.7 cm³/mol. The Bertz CT molecular complexity index is 480. The van der Waals surface area contributed by atoms with Crippen molar-refractivity contribution < 1.29 is 14.3 Å². The lowest BCUT2D eigenvalue weighted by molar-refractivity contribution is -0.132. The van der Waals surface area contributed by atoms with Crippen molar-refractivity contribution >= 4 is 17.8 Å². The van der Waals surface area contributed by atoms with Crippen LogP contribution in [0.2, 0.25) is 0 Å². The molecule has 8 nitrogen and oxygen atoms in total. The van der Waals surface area contributed by atoms with Gasteiger partial charge in [0.05, 0.1) is 12.8 Å². The molecule has 116 valence electrons. The summed E-state index contributed by atoms with van der Waals surface area (Å²) < 4.78 is 4.74. The first-order chi connectivity index (χ1) is 10.2. The van der Waals surface area contributed by atoms with Crippen LogP contribution >= 0.6 is 0 Å². The molecule has 21 heavy (non-hydrogen) atoms. The number of carbonyl (C=O) groups is 2. The van der Waals surface area contributed by atoms with Crippen LogP contribution in [0.1, 0.15) is 32.6 Å². The fraction of sp³-hybridized carbons (Fsp3) is 0.692. The lowest BCUT2D eigenvalue weighted by Gasteiger charge is -2.19. The molecule has 1 aromatic heterocycles. The van der Waals surface area contributed by atoms with Crippen LogP contribution in [-0.2, 0) is 16.1 Å². The largest absolute Gasteiger partial charge is 0.450 e. The summed E-state index contributed by atoms with van der Waals surface area (Å²) in [6.45, 7) is 3.69. The minimum Gasteiger partial charge on any atom is -0.450 e. The Hall–Kier alpha value is -2.12. The first-order valence-electron chi connectivity index (χ1n) is 7.30. The standard InChI is InChI=1S/C13H21N5O3/c1-2-21-13(20)15-11-9-14-18(16-11)10-12(19)17-7-5-3-4-6-8-17/h9H,2-8,10H2,1H3,(H,15,16,20). The van der Waals surface area contributed by atoms with Gasteiger partial charge in [-0.05, 0) is 19.8 Å². The van der Waals surface area contributed by atoms with Crippen LogP contribution in [0.25, 0.3) is 0 Å². The number of likely N-dealkylation sites (tertiary alicyclic amines) is 1. The zero-order valence-electron chi connectivity index (χ0n) is 12.2. The van der Waals surface area contributed by atoms with E-state index in [0.29, 0.717) is 0 Å². The van der Waals surface area contributed by atoms with Crippen molar-refractivity contribution in [1.29, 1.82) is 0 Å². The number of amides is 2. The lowest BCUT2D eigenvalue weighted by Crippen LogP contribution is -2.35. The molecule has 0 saturated carbocycles. The highest BCUT2D eigenvalue weighted by Gasteiger charge is 2.17. The Kier molecular flexibility index (Phi) is 5.53. The van der Waals surface area contributed by atoms with E-state index >= 15 is 0 Å². The molecular weight excluding hydrogens is 274 g/mol. The molecule has 0 atom stereocenters. The number of rotatable bonds is 4. The summed E-state index contributed by atoms with van der Waals surface area (Å²) in [6, 6.07) is 0. The van der Waals surface area contributed by atoms with E-state index in [9.17, 15) is 9.59 Å². The van der Waals surface area contributed by atoms with Gasteiger partial charge in [-0.1, -0.05) is 12.8 Å². The van der Waals surface area contributed by atoms with Crippen molar-refractivity contribution in [2.75, 3.05) is 25.0 Å². The van der Waals surface area contributed by atoms with E-state index in [2.05, 4.69) is 15.5 Å². The molecule has 1 N–H and O–H groups in total. The number of aromatic nitrogens is 3. The number of ether oxygens (including phenoxy) is 1. The number of hydrogen-bond acceptors (Lipinski definition) is 5. The molecule has 0 radical (unpaired) electrons. The maximum Gasteiger partial charge on any atom is 0.412 e. The Morgan fingerprint density at radius 1 is 1.29 bits per heavy atom. The zero-order valence-corrected chi connectivity index (χ0v) is 12.2. The van der Waals surface area contributed by atoms with E-state index in [1.54, 1.807) is 6.92 Å². The molecule has 2 rings (SSSR count). The van der Waals surface area contributed by atoms with Crippen molar-refractivity contribution in [1.82, 2.24) is 19.9 Å². The van der Waals surface area contributed by atoms with Crippen molar-refractivity contribution in [3.8, 4) is 0 Å². The molecule has 8 heteroatoms. The topological polar surface area (TPSA) is 89.3 Å². The van der Waals surface area contributed by atoms with Crippen LogP contribution < -0.4 is 5.32 Å². The third kappa shape index (κ3) is 4.73. The van der Waals surface area contributed by atoms with Crippen LogP contribution in [0.5, 0.6) is 0 Å². The average Bonchev–Trinajstić information content (AvgIpc) is 2.73. The Morgan fingerprint density at radius 2 is 2.00 bits per heavy atom. The van der Waals surface area contributed by atoms with Gasteiger partial charge in [0, 0.05) is 13.1 Å². The van der Waals surface area contributed by atoms with Gasteiger partial charge < -0.3 is 9.64 Å². The second-order valence-electron chi connectivity index (χ2n) is 4.90. The van der Waals surface area contributed by atoms with Crippen molar-refractivity contribution in [3.63, 3.8) is 0 Å². The molecule has 1 aromatic rings. The SMILES string of the molecule is CCOC(=O)Nc1cnn(CC(=O)N2CCCCCC2)n1. The van der Waals surface area contributed by atoms with E-state index in [4.69, 9.17) is 4.74 Å². The summed E-state index contributed by atoms with van der Waals surface area (Å²) in [5.74, 6) is 0.285. The third-order valence-corrected chi connectivity index (χ3v) is 3.28. The lowest BCUT2D eigenvalue weighted by atomic mass is 10.2. The van der Waals surface area contributed by atoms with E-state index in [0.717, 1.165) is 25.9 Å². The van der Waals surface area contributed by atoms with Gasteiger partial charge in [0.2, 0.25) is 5.91 Å². The smallest absolute Gasteiger partial charge is 0.412 e. The minimum absolute atomic E-state index is 0.00943. The number of nitrogens with zero attached hydrogens (tertiary/aromatic N) is 4. The zero-order chi connectivity index (χ0) is 15.1. The van der Waals surface area contributed by atoms with E-state index in [1.165, 1.54) is 23.8 Å². The molecule has 0 aromatic carbocycles. The summed E-state index contributed by atoms with van der Waals surface area (Å²) >= 11 is 0. The molecule has 0 bridgehead atoms. The summed E-state index contributed by atoms with van der Waals surface area (Å²) in [4.78, 5) is 26.6. The Labute approximate surface area is 123 Å². The molecule has 0 aliphatic carbocycles. The Balaban J connectivity index is 1.86. The second kappa shape index (κ2) is 7.61. The molecule has 1 saturated heterocycles. The van der Waals surface area contributed by atoms with E-state index in [1.807, 2.05) is 4.90 Å². The normalized spacial score (nSPS) is 15.4. The molecule has 0 unspecified atom stereocenters. The third-order valence-electron chi connectivity index (χ3n) is 3.28. The van der Waals surface area contributed by atoms with Crippen molar-refractivity contribution in [3.05, 3.63) is 6.20 Å². The minimum atomic E-state index is -0.580. The highest BCUT2D eigenvalue weighted by atomic mass is 16.5. The van der Waals surface area contributed by atoms with Crippen LogP contribution in [0, 0.1) is 0 Å². The quantitative estimate of drug-likeness (QED) is 0.903. The highest BCUT2D eigenvalue weighted by molar-refractivity contribution is 5.83. The fourth-order valence-electron chi connectivity index (χ4n) is 2.24. The molecule has 1 fully saturated rings. The van der Waals surface area contributed by atoms with Crippen LogP contribution in [-0.4, -0.2) is 51.6 Å². The van der Waals surface area contributed by atoms with Gasteiger partial charge in [0.1, 0.15) is 6.54 Å². The first kappa shape index (κ1) is 15.3. The molecule has 0 spiro atoms. The fourth-order valence-corrected chi connectivity index (χ4v) is 2.24. The van der Waals surface area contributed by atoms with Crippen LogP contribution in [0.3, 0.4) is 0 Å². The maximum atomic E-state index is 12.2. The van der Waals surface area contributed by atoms with Gasteiger partial charge in [-0.2, -0.15) is 9.90 Å². The highest BCUT2D eigenvalue weighted by Crippen LogP contribution is 2.10. The van der Waals surface area contributed by atoms with E-state index in [-0.39, 0.29) is 24.9 Å². The number of hydrogen-bond donors (Lipinski definition) is 1. The first-order valence-corrected chi connectivity index (χ1v) is 7.30. The predicted octanol–water partition coefficient (Wildman–Crippen LogP) is 1.25. The van der Waals surface area contributed by atoms with Gasteiger partial charge in [0.15, 0.2) is 5.82 Å². The molecular formula is C13H21N5O3. The molecule has 2 heterocycles. The summed E-state index contributed by atoms with van der Waals surface area (Å²) in [6.07, 6.45) is 5.27. The van der Waals surface area contributed by atoms with Gasteiger partial charge in [-0.25, -0.2) is 4.79 Å². The second-order valence-corrected chi connectivity index (χ2v) is 4.90. The van der Waals surface area contributed by atoms with Gasteiger partial charge in [-0.3, -0.25) is 10.1 Å². The number of nitrogens with one attached hydrogen (secondary N) is 1. The summed E-state index contributed by atoms with van der Waals surface area (Å²) in [5, 5.41) is 10.5. The number of carbonyl (C=O) groups excluding carboxylic acids is 2. The van der Waals surface area contributed by atoms with Gasteiger partial charge in [-0.15, -0.1) is 5.10 Å². The van der Waals surface area contributed by atoms with Crippen LogP contribution in [0.4, 0.5) is 10.6 Å². The van der Waals surface area contributed by atoms with Gasteiger partial charge >= 0.3 is 6.09 Å². The summed E-state index contributed by atoms with van der Waals surface area (Å²) in [5.41, 5.74) is 0. The summed E-state index contributed by atoms with van der Waals surface area (Å²) in [7, 11) is 0. The van der Waals surface area contributed by atoms with Crippen molar-refractivity contribution in [2.24, 2.45) is 0 Å². The Morgan fingerprint density at radius 3 is 2.67 bits per heavy atom. The van der Waals surface area contributed by atoms with E-state index < -0.39 is 6.09 Å².